The van der Waals surface area contributed by atoms with Crippen LogP contribution in [0.3, 0.4) is 0 Å². The average Bonchev–Trinajstić information content (AvgIpc) is 2.60. The molecular formula is C23H51NO3P+. The van der Waals surface area contributed by atoms with Gasteiger partial charge in [-0.3, -0.25) is 4.57 Å². The molecule has 0 saturated carbocycles. The van der Waals surface area contributed by atoms with Crippen LogP contribution < -0.4 is 0 Å². The lowest BCUT2D eigenvalue weighted by Crippen LogP contribution is -2.41. The number of rotatable bonds is 21. The average molecular weight is 421 g/mol. The first kappa shape index (κ1) is 28.1. The van der Waals surface area contributed by atoms with E-state index in [1.54, 1.807) is 0 Å². The molecule has 28 heavy (non-hydrogen) atoms. The van der Waals surface area contributed by atoms with Gasteiger partial charge in [0.05, 0.1) is 33.3 Å². The van der Waals surface area contributed by atoms with Crippen molar-refractivity contribution in [1.29, 1.82) is 0 Å². The molecule has 0 aromatic heterocycles. The van der Waals surface area contributed by atoms with Crippen LogP contribution in [0.15, 0.2) is 0 Å². The van der Waals surface area contributed by atoms with Crippen molar-refractivity contribution in [1.82, 2.24) is 0 Å². The van der Waals surface area contributed by atoms with Crippen LogP contribution in [0.1, 0.15) is 116 Å². The van der Waals surface area contributed by atoms with Gasteiger partial charge in [-0.25, -0.2) is 0 Å². The van der Waals surface area contributed by atoms with Crippen LogP contribution >= 0.6 is 7.60 Å². The highest BCUT2D eigenvalue weighted by Gasteiger charge is 2.18. The van der Waals surface area contributed by atoms with Gasteiger partial charge in [0.2, 0.25) is 0 Å². The summed E-state index contributed by atoms with van der Waals surface area (Å²) >= 11 is 0. The molecule has 0 rings (SSSR count). The summed E-state index contributed by atoms with van der Waals surface area (Å²) in [5.41, 5.74) is 0. The van der Waals surface area contributed by atoms with Gasteiger partial charge in [-0.05, 0) is 12.8 Å². The van der Waals surface area contributed by atoms with Gasteiger partial charge >= 0.3 is 7.60 Å². The van der Waals surface area contributed by atoms with Crippen molar-refractivity contribution < 1.29 is 18.8 Å². The van der Waals surface area contributed by atoms with Crippen LogP contribution in [0, 0.1) is 0 Å². The topological polar surface area (TPSA) is 57.5 Å². The molecule has 0 aliphatic heterocycles. The summed E-state index contributed by atoms with van der Waals surface area (Å²) in [5.74, 6) is 0. The zero-order valence-electron chi connectivity index (χ0n) is 19.3. The van der Waals surface area contributed by atoms with Gasteiger partial charge in [-0.15, -0.1) is 0 Å². The molecule has 5 heteroatoms. The number of hydrogen-bond donors (Lipinski definition) is 2. The van der Waals surface area contributed by atoms with Crippen LogP contribution in [0.25, 0.3) is 0 Å². The van der Waals surface area contributed by atoms with E-state index in [1.807, 2.05) is 0 Å². The maximum atomic E-state index is 10.9. The first-order chi connectivity index (χ1) is 13.3. The predicted octanol–water partition coefficient (Wildman–Crippen LogP) is 6.89. The molecule has 170 valence electrons. The van der Waals surface area contributed by atoms with Crippen LogP contribution in [0.2, 0.25) is 0 Å². The Bertz CT molecular complexity index is 382. The largest absolute Gasteiger partial charge is 0.328 e. The van der Waals surface area contributed by atoms with Crippen LogP contribution in [0.4, 0.5) is 0 Å². The zero-order valence-corrected chi connectivity index (χ0v) is 20.2. The fourth-order valence-corrected chi connectivity index (χ4v) is 4.46. The summed E-state index contributed by atoms with van der Waals surface area (Å²) in [4.78, 5) is 17.9. The highest BCUT2D eigenvalue weighted by molar-refractivity contribution is 7.51. The van der Waals surface area contributed by atoms with E-state index in [0.29, 0.717) is 6.42 Å². The molecule has 0 aliphatic carbocycles. The molecule has 0 fully saturated rings. The number of hydrogen-bond acceptors (Lipinski definition) is 1. The van der Waals surface area contributed by atoms with Crippen molar-refractivity contribution in [3.63, 3.8) is 0 Å². The molecule has 4 nitrogen and oxygen atoms in total. The molecule has 0 atom stereocenters. The lowest BCUT2D eigenvalue weighted by molar-refractivity contribution is -0.890. The molecule has 0 bridgehead atoms. The first-order valence-electron chi connectivity index (χ1n) is 12.1. The first-order valence-corrected chi connectivity index (χ1v) is 13.9. The van der Waals surface area contributed by atoms with Gasteiger partial charge in [0.15, 0.2) is 0 Å². The van der Waals surface area contributed by atoms with E-state index in [0.717, 1.165) is 17.6 Å². The van der Waals surface area contributed by atoms with Crippen LogP contribution in [-0.4, -0.2) is 47.6 Å². The molecule has 0 aliphatic rings. The maximum absolute atomic E-state index is 10.9. The summed E-state index contributed by atoms with van der Waals surface area (Å²) in [6, 6.07) is 0. The van der Waals surface area contributed by atoms with E-state index in [-0.39, 0.29) is 6.16 Å². The highest BCUT2D eigenvalue weighted by atomic mass is 31.2. The van der Waals surface area contributed by atoms with Crippen molar-refractivity contribution >= 4 is 7.60 Å². The third-order valence-electron chi connectivity index (χ3n) is 5.83. The Labute approximate surface area is 176 Å². The molecule has 0 spiro atoms. The minimum Gasteiger partial charge on any atom is -0.328 e. The highest BCUT2D eigenvalue weighted by Crippen LogP contribution is 2.35. The number of quaternary nitrogens is 1. The van der Waals surface area contributed by atoms with Gasteiger partial charge in [-0.1, -0.05) is 96.8 Å². The fraction of sp³-hybridized carbons (Fsp3) is 1.00. The quantitative estimate of drug-likeness (QED) is 0.121. The van der Waals surface area contributed by atoms with Crippen molar-refractivity contribution in [3.05, 3.63) is 0 Å². The van der Waals surface area contributed by atoms with E-state index in [2.05, 4.69) is 21.0 Å². The number of unbranched alkanes of at least 4 members (excludes halogenated alkanes) is 15. The normalized spacial score (nSPS) is 12.6. The lowest BCUT2D eigenvalue weighted by Gasteiger charge is -2.30. The van der Waals surface area contributed by atoms with E-state index >= 15 is 0 Å². The van der Waals surface area contributed by atoms with Gasteiger partial charge < -0.3 is 14.3 Å². The van der Waals surface area contributed by atoms with Crippen molar-refractivity contribution in [2.24, 2.45) is 0 Å². The van der Waals surface area contributed by atoms with E-state index < -0.39 is 7.60 Å². The molecule has 2 N–H and O–H groups in total. The second-order valence-corrected chi connectivity index (χ2v) is 11.2. The Balaban J connectivity index is 3.29. The molecule has 0 aromatic carbocycles. The minimum absolute atomic E-state index is 0.0215. The summed E-state index contributed by atoms with van der Waals surface area (Å²) in [6.07, 6.45) is 22.9. The van der Waals surface area contributed by atoms with E-state index in [1.165, 1.54) is 103 Å². The monoisotopic (exact) mass is 420 g/mol. The summed E-state index contributed by atoms with van der Waals surface area (Å²) in [7, 11) is 0.517. The predicted molar refractivity (Wildman–Crippen MR) is 123 cm³/mol. The second-order valence-electron chi connectivity index (χ2n) is 9.43. The molecule has 0 amide bonds. The summed E-state index contributed by atoms with van der Waals surface area (Å²) < 4.78 is 11.8. The molecule has 0 saturated heterocycles. The van der Waals surface area contributed by atoms with E-state index in [4.69, 9.17) is 9.79 Å². The van der Waals surface area contributed by atoms with Gasteiger partial charge in [-0.2, -0.15) is 0 Å². The third kappa shape index (κ3) is 22.4. The van der Waals surface area contributed by atoms with E-state index in [9.17, 15) is 4.57 Å². The maximum Gasteiger partial charge on any atom is 0.325 e. The summed E-state index contributed by atoms with van der Waals surface area (Å²) in [5, 5.41) is 0. The fourth-order valence-electron chi connectivity index (χ4n) is 3.90. The van der Waals surface area contributed by atoms with Crippen LogP contribution in [-0.2, 0) is 4.57 Å². The second kappa shape index (κ2) is 17.9. The van der Waals surface area contributed by atoms with Gasteiger partial charge in [0.1, 0.15) is 0 Å². The number of nitrogens with zero attached hydrogens (tertiary/aromatic N) is 1. The Kier molecular flexibility index (Phi) is 18.0. The molecule has 0 unspecified atom stereocenters. The molecule has 0 radical (unpaired) electrons. The third-order valence-corrected chi connectivity index (χ3v) is 6.73. The Morgan fingerprint density at radius 2 is 0.893 bits per heavy atom. The van der Waals surface area contributed by atoms with Gasteiger partial charge in [0.25, 0.3) is 0 Å². The van der Waals surface area contributed by atoms with Gasteiger partial charge in [0, 0.05) is 6.42 Å². The molecule has 0 heterocycles. The SMILES string of the molecule is CCCCCCCCCCCCCCCCCC[N+](C)(C)CCCP(=O)(O)O. The summed E-state index contributed by atoms with van der Waals surface area (Å²) in [6.45, 7) is 4.24. The van der Waals surface area contributed by atoms with Crippen molar-refractivity contribution in [2.45, 2.75) is 116 Å². The van der Waals surface area contributed by atoms with Crippen molar-refractivity contribution in [2.75, 3.05) is 33.3 Å². The molecular weight excluding hydrogens is 369 g/mol. The standard InChI is InChI=1S/C23H50NO3P/c1-4-5-6-7-8-9-10-11-12-13-14-15-16-17-18-19-21-24(2,3)22-20-23-28(25,26)27/h4-23H2,1-3H3,(H-,25,26,27)/p+1. The van der Waals surface area contributed by atoms with Crippen molar-refractivity contribution in [3.8, 4) is 0 Å². The van der Waals surface area contributed by atoms with Crippen LogP contribution in [0.5, 0.6) is 0 Å². The zero-order chi connectivity index (χ0) is 21.1. The Hall–Kier alpha value is 0.110. The lowest BCUT2D eigenvalue weighted by atomic mass is 10.0. The Morgan fingerprint density at radius 1 is 0.571 bits per heavy atom. The Morgan fingerprint density at radius 3 is 1.25 bits per heavy atom. The molecule has 0 aromatic rings. The smallest absolute Gasteiger partial charge is 0.325 e. The minimum atomic E-state index is -3.83.